The van der Waals surface area contributed by atoms with Gasteiger partial charge in [-0.3, -0.25) is 9.59 Å². The minimum absolute atomic E-state index is 0.00788. The Morgan fingerprint density at radius 3 is 2.33 bits per heavy atom. The first-order valence-corrected chi connectivity index (χ1v) is 6.78. The minimum Gasteiger partial charge on any atom is -0.323 e. The Balaban J connectivity index is 2.02. The topological polar surface area (TPSA) is 46.2 Å². The van der Waals surface area contributed by atoms with Gasteiger partial charge >= 0.3 is 0 Å². The van der Waals surface area contributed by atoms with Crippen molar-refractivity contribution >= 4 is 35.1 Å². The van der Waals surface area contributed by atoms with E-state index in [1.54, 1.807) is 36.4 Å². The molecule has 0 aliphatic heterocycles. The van der Waals surface area contributed by atoms with E-state index in [2.05, 4.69) is 5.32 Å². The summed E-state index contributed by atoms with van der Waals surface area (Å²) in [7, 11) is 0. The predicted molar refractivity (Wildman–Crippen MR) is 85.6 cm³/mol. The smallest absolute Gasteiger partial charge is 0.248 e. The van der Waals surface area contributed by atoms with Crippen LogP contribution in [0.4, 0.5) is 5.69 Å². The fourth-order valence-corrected chi connectivity index (χ4v) is 1.95. The van der Waals surface area contributed by atoms with E-state index < -0.39 is 0 Å². The zero-order chi connectivity index (χ0) is 15.2. The van der Waals surface area contributed by atoms with Crippen molar-refractivity contribution in [2.75, 3.05) is 5.32 Å². The van der Waals surface area contributed by atoms with E-state index in [9.17, 15) is 9.59 Å². The van der Waals surface area contributed by atoms with Gasteiger partial charge in [-0.25, -0.2) is 0 Å². The maximum atomic E-state index is 11.8. The molecule has 0 fully saturated rings. The van der Waals surface area contributed by atoms with Crippen LogP contribution in [0.2, 0.25) is 5.02 Å². The van der Waals surface area contributed by atoms with E-state index >= 15 is 0 Å². The third-order valence-electron chi connectivity index (χ3n) is 2.88. The van der Waals surface area contributed by atoms with Gasteiger partial charge in [0.15, 0.2) is 5.78 Å². The molecule has 0 atom stereocenters. The lowest BCUT2D eigenvalue weighted by Crippen LogP contribution is -2.07. The molecule has 0 saturated heterocycles. The summed E-state index contributed by atoms with van der Waals surface area (Å²) in [5.41, 5.74) is 2.02. The van der Waals surface area contributed by atoms with Crippen molar-refractivity contribution in [3.05, 3.63) is 70.8 Å². The SMILES string of the molecule is CC(=O)c1ccc(NC(=O)C=Cc2ccccc2Cl)cc1. The highest BCUT2D eigenvalue weighted by molar-refractivity contribution is 6.32. The zero-order valence-corrected chi connectivity index (χ0v) is 12.2. The van der Waals surface area contributed by atoms with Crippen LogP contribution in [-0.4, -0.2) is 11.7 Å². The molecule has 0 aliphatic carbocycles. The molecule has 106 valence electrons. The summed E-state index contributed by atoms with van der Waals surface area (Å²) < 4.78 is 0. The van der Waals surface area contributed by atoms with E-state index in [-0.39, 0.29) is 11.7 Å². The summed E-state index contributed by atoms with van der Waals surface area (Å²) in [5, 5.41) is 3.31. The van der Waals surface area contributed by atoms with Gasteiger partial charge in [-0.05, 0) is 48.9 Å². The molecule has 1 amide bonds. The van der Waals surface area contributed by atoms with Gasteiger partial charge in [-0.2, -0.15) is 0 Å². The largest absolute Gasteiger partial charge is 0.323 e. The molecule has 0 aromatic heterocycles. The third kappa shape index (κ3) is 4.29. The van der Waals surface area contributed by atoms with Gasteiger partial charge in [-0.1, -0.05) is 29.8 Å². The number of Topliss-reactive ketones (excluding diaryl/α,β-unsaturated/α-hetero) is 1. The second kappa shape index (κ2) is 6.86. The second-order valence-corrected chi connectivity index (χ2v) is 4.88. The molecule has 0 aliphatic rings. The number of hydrogen-bond donors (Lipinski definition) is 1. The van der Waals surface area contributed by atoms with E-state index in [0.717, 1.165) is 5.56 Å². The van der Waals surface area contributed by atoms with Crippen LogP contribution in [0.15, 0.2) is 54.6 Å². The number of carbonyl (C=O) groups is 2. The van der Waals surface area contributed by atoms with Gasteiger partial charge in [0, 0.05) is 22.3 Å². The minimum atomic E-state index is -0.259. The van der Waals surface area contributed by atoms with Crippen LogP contribution in [0.25, 0.3) is 6.08 Å². The number of carbonyl (C=O) groups excluding carboxylic acids is 2. The predicted octanol–water partition coefficient (Wildman–Crippen LogP) is 4.19. The first-order chi connectivity index (χ1) is 10.1. The van der Waals surface area contributed by atoms with Gasteiger partial charge < -0.3 is 5.32 Å². The van der Waals surface area contributed by atoms with Gasteiger partial charge in [-0.15, -0.1) is 0 Å². The van der Waals surface area contributed by atoms with Crippen LogP contribution in [0.1, 0.15) is 22.8 Å². The highest BCUT2D eigenvalue weighted by Gasteiger charge is 2.01. The van der Waals surface area contributed by atoms with Crippen molar-refractivity contribution in [2.45, 2.75) is 6.92 Å². The monoisotopic (exact) mass is 299 g/mol. The first kappa shape index (κ1) is 15.0. The average Bonchev–Trinajstić information content (AvgIpc) is 2.47. The Hall–Kier alpha value is -2.39. The van der Waals surface area contributed by atoms with Crippen molar-refractivity contribution in [2.24, 2.45) is 0 Å². The van der Waals surface area contributed by atoms with E-state index in [4.69, 9.17) is 11.6 Å². The van der Waals surface area contributed by atoms with Crippen LogP contribution in [-0.2, 0) is 4.79 Å². The van der Waals surface area contributed by atoms with Gasteiger partial charge in [0.2, 0.25) is 5.91 Å². The summed E-state index contributed by atoms with van der Waals surface area (Å²) in [6.07, 6.45) is 3.07. The number of halogens is 1. The van der Waals surface area contributed by atoms with Crippen LogP contribution in [0.5, 0.6) is 0 Å². The molecule has 1 N–H and O–H groups in total. The number of anilines is 1. The van der Waals surface area contributed by atoms with Gasteiger partial charge in [0.25, 0.3) is 0 Å². The zero-order valence-electron chi connectivity index (χ0n) is 11.5. The third-order valence-corrected chi connectivity index (χ3v) is 3.22. The van der Waals surface area contributed by atoms with Crippen LogP contribution < -0.4 is 5.32 Å². The number of rotatable bonds is 4. The molecule has 0 radical (unpaired) electrons. The second-order valence-electron chi connectivity index (χ2n) is 4.48. The molecule has 0 bridgehead atoms. The maximum Gasteiger partial charge on any atom is 0.248 e. The van der Waals surface area contributed by atoms with E-state index in [0.29, 0.717) is 16.3 Å². The normalized spacial score (nSPS) is 10.6. The molecule has 21 heavy (non-hydrogen) atoms. The molecule has 0 spiro atoms. The summed E-state index contributed by atoms with van der Waals surface area (Å²) in [5.74, 6) is -0.267. The first-order valence-electron chi connectivity index (χ1n) is 6.41. The molecule has 2 rings (SSSR count). The van der Waals surface area contributed by atoms with Crippen molar-refractivity contribution in [1.82, 2.24) is 0 Å². The molecule has 0 heterocycles. The molecule has 0 saturated carbocycles. The lowest BCUT2D eigenvalue weighted by atomic mass is 10.1. The van der Waals surface area contributed by atoms with Crippen molar-refractivity contribution in [3.63, 3.8) is 0 Å². The highest BCUT2D eigenvalue weighted by atomic mass is 35.5. The fourth-order valence-electron chi connectivity index (χ4n) is 1.75. The molecule has 0 unspecified atom stereocenters. The molecule has 2 aromatic rings. The summed E-state index contributed by atoms with van der Waals surface area (Å²) in [6, 6.07) is 14.0. The lowest BCUT2D eigenvalue weighted by molar-refractivity contribution is -0.111. The molecular weight excluding hydrogens is 286 g/mol. The Morgan fingerprint density at radius 2 is 1.71 bits per heavy atom. The Labute approximate surface area is 128 Å². The van der Waals surface area contributed by atoms with Crippen molar-refractivity contribution < 1.29 is 9.59 Å². The Bertz CT molecular complexity index is 690. The summed E-state index contributed by atoms with van der Waals surface area (Å²) >= 11 is 6.00. The van der Waals surface area contributed by atoms with Gasteiger partial charge in [0.05, 0.1) is 0 Å². The average molecular weight is 300 g/mol. The number of benzene rings is 2. The number of hydrogen-bond acceptors (Lipinski definition) is 2. The van der Waals surface area contributed by atoms with E-state index in [1.165, 1.54) is 13.0 Å². The fraction of sp³-hybridized carbons (Fsp3) is 0.0588. The molecular formula is C17H14ClNO2. The lowest BCUT2D eigenvalue weighted by Gasteiger charge is -2.03. The maximum absolute atomic E-state index is 11.8. The number of ketones is 1. The van der Waals surface area contributed by atoms with Crippen LogP contribution in [0.3, 0.4) is 0 Å². The summed E-state index contributed by atoms with van der Waals surface area (Å²) in [6.45, 7) is 1.50. The van der Waals surface area contributed by atoms with E-state index in [1.807, 2.05) is 18.2 Å². The standard InChI is InChI=1S/C17H14ClNO2/c1-12(20)13-6-9-15(10-7-13)19-17(21)11-8-14-4-2-3-5-16(14)18/h2-11H,1H3,(H,19,21). The number of nitrogens with one attached hydrogen (secondary N) is 1. The highest BCUT2D eigenvalue weighted by Crippen LogP contribution is 2.16. The Kier molecular flexibility index (Phi) is 4.90. The van der Waals surface area contributed by atoms with Crippen LogP contribution >= 0.6 is 11.6 Å². The van der Waals surface area contributed by atoms with Crippen molar-refractivity contribution in [3.8, 4) is 0 Å². The summed E-state index contributed by atoms with van der Waals surface area (Å²) in [4.78, 5) is 23.0. The number of amides is 1. The Morgan fingerprint density at radius 1 is 1.05 bits per heavy atom. The van der Waals surface area contributed by atoms with Crippen molar-refractivity contribution in [1.29, 1.82) is 0 Å². The molecule has 4 heteroatoms. The van der Waals surface area contributed by atoms with Gasteiger partial charge in [0.1, 0.15) is 0 Å². The molecule has 2 aromatic carbocycles. The van der Waals surface area contributed by atoms with Crippen LogP contribution in [0, 0.1) is 0 Å². The quantitative estimate of drug-likeness (QED) is 0.679. The molecule has 3 nitrogen and oxygen atoms in total.